The molecule has 7 aromatic carbocycles. The van der Waals surface area contributed by atoms with E-state index in [-0.39, 0.29) is 0 Å². The predicted molar refractivity (Wildman–Crippen MR) is 185 cm³/mol. The van der Waals surface area contributed by atoms with Crippen LogP contribution in [0.5, 0.6) is 0 Å². The highest BCUT2D eigenvalue weighted by Gasteiger charge is 2.26. The van der Waals surface area contributed by atoms with Crippen molar-refractivity contribution in [3.63, 3.8) is 0 Å². The Morgan fingerprint density at radius 2 is 0.727 bits per heavy atom. The number of benzene rings is 7. The topological polar surface area (TPSA) is 9.86 Å². The lowest BCUT2D eigenvalue weighted by Crippen LogP contribution is -2.07. The summed E-state index contributed by atoms with van der Waals surface area (Å²) in [4.78, 5) is 0. The van der Waals surface area contributed by atoms with Crippen molar-refractivity contribution in [1.82, 2.24) is 9.13 Å². The van der Waals surface area contributed by atoms with E-state index in [4.69, 9.17) is 0 Å². The fraction of sp³-hybridized carbons (Fsp3) is 0.0476. The molecule has 0 aliphatic heterocycles. The minimum Gasteiger partial charge on any atom is -0.307 e. The van der Waals surface area contributed by atoms with Gasteiger partial charge in [-0.25, -0.2) is 0 Å². The largest absolute Gasteiger partial charge is 0.307 e. The molecular formula is C42H28N2. The molecular weight excluding hydrogens is 532 g/mol. The van der Waals surface area contributed by atoms with Crippen molar-refractivity contribution in [1.29, 1.82) is 0 Å². The van der Waals surface area contributed by atoms with Crippen molar-refractivity contribution in [3.05, 3.63) is 168 Å². The molecule has 2 aromatic heterocycles. The molecule has 0 unspecified atom stereocenters. The van der Waals surface area contributed by atoms with Gasteiger partial charge in [-0.1, -0.05) is 97.1 Å². The monoisotopic (exact) mass is 560 g/mol. The normalized spacial score (nSPS) is 12.8. The SMILES string of the molecule is c1ccc(-n2c3ccccc3c3c4cc5c(cc4c4c6ccccc6n(-c6ccccc6)c4c32)Cc2ccccc2C5)cc1. The van der Waals surface area contributed by atoms with Crippen molar-refractivity contribution in [3.8, 4) is 11.4 Å². The third-order valence-electron chi connectivity index (χ3n) is 9.76. The highest BCUT2D eigenvalue weighted by atomic mass is 15.0. The van der Waals surface area contributed by atoms with Crippen LogP contribution < -0.4 is 0 Å². The Balaban J connectivity index is 1.50. The van der Waals surface area contributed by atoms with Gasteiger partial charge < -0.3 is 9.13 Å². The second-order valence-corrected chi connectivity index (χ2v) is 12.1. The third kappa shape index (κ3) is 3.20. The molecule has 1 aliphatic carbocycles. The Morgan fingerprint density at radius 3 is 1.18 bits per heavy atom. The van der Waals surface area contributed by atoms with Gasteiger partial charge >= 0.3 is 0 Å². The van der Waals surface area contributed by atoms with Gasteiger partial charge in [0.1, 0.15) is 0 Å². The molecule has 0 saturated carbocycles. The molecule has 0 saturated heterocycles. The third-order valence-corrected chi connectivity index (χ3v) is 9.76. The van der Waals surface area contributed by atoms with Gasteiger partial charge in [0, 0.05) is 32.9 Å². The summed E-state index contributed by atoms with van der Waals surface area (Å²) in [5.41, 5.74) is 13.1. The van der Waals surface area contributed by atoms with E-state index >= 15 is 0 Å². The van der Waals surface area contributed by atoms with E-state index in [1.165, 1.54) is 88.0 Å². The van der Waals surface area contributed by atoms with E-state index in [1.807, 2.05) is 0 Å². The minimum absolute atomic E-state index is 0.976. The van der Waals surface area contributed by atoms with Crippen molar-refractivity contribution < 1.29 is 0 Å². The molecule has 0 atom stereocenters. The van der Waals surface area contributed by atoms with E-state index in [0.717, 1.165) is 12.8 Å². The lowest BCUT2D eigenvalue weighted by atomic mass is 9.83. The molecule has 0 N–H and O–H groups in total. The highest BCUT2D eigenvalue weighted by molar-refractivity contribution is 6.36. The molecule has 10 rings (SSSR count). The van der Waals surface area contributed by atoms with Crippen molar-refractivity contribution in [2.75, 3.05) is 0 Å². The maximum absolute atomic E-state index is 2.53. The van der Waals surface area contributed by atoms with Gasteiger partial charge in [-0.3, -0.25) is 0 Å². The minimum atomic E-state index is 0.976. The van der Waals surface area contributed by atoms with Crippen LogP contribution in [0, 0.1) is 0 Å². The van der Waals surface area contributed by atoms with Gasteiger partial charge in [0.2, 0.25) is 0 Å². The quantitative estimate of drug-likeness (QED) is 0.199. The van der Waals surface area contributed by atoms with Crippen molar-refractivity contribution in [2.45, 2.75) is 12.8 Å². The summed E-state index contributed by atoms with van der Waals surface area (Å²) in [5.74, 6) is 0. The summed E-state index contributed by atoms with van der Waals surface area (Å²) in [6, 6.07) is 53.7. The van der Waals surface area contributed by atoms with Crippen LogP contribution in [-0.4, -0.2) is 9.13 Å². The zero-order valence-corrected chi connectivity index (χ0v) is 24.2. The van der Waals surface area contributed by atoms with Crippen molar-refractivity contribution in [2.24, 2.45) is 0 Å². The van der Waals surface area contributed by atoms with Crippen molar-refractivity contribution >= 4 is 54.4 Å². The van der Waals surface area contributed by atoms with Gasteiger partial charge in [-0.05, 0) is 94.4 Å². The summed E-state index contributed by atoms with van der Waals surface area (Å²) in [5, 5.41) is 7.92. The molecule has 1 aliphatic rings. The summed E-state index contributed by atoms with van der Waals surface area (Å²) in [6.45, 7) is 0. The lowest BCUT2D eigenvalue weighted by Gasteiger charge is -2.21. The Bertz CT molecular complexity index is 2400. The first kappa shape index (κ1) is 23.9. The first-order chi connectivity index (χ1) is 21.8. The number of aromatic nitrogens is 2. The average Bonchev–Trinajstić information content (AvgIpc) is 3.61. The molecule has 0 spiro atoms. The van der Waals surface area contributed by atoms with E-state index in [1.54, 1.807) is 0 Å². The standard InChI is InChI=1S/C42H28N2/c1-3-15-31(16-4-1)43-37-21-11-9-19-33(37)39-35-25-29-23-27-13-7-8-14-28(27)24-30(29)26-36(35)40-34-20-10-12-22-38(34)44(42(40)41(39)43)32-17-5-2-6-18-32/h1-22,25-26H,23-24H2. The Morgan fingerprint density at radius 1 is 0.341 bits per heavy atom. The number of hydrogen-bond donors (Lipinski definition) is 0. The number of hydrogen-bond acceptors (Lipinski definition) is 0. The molecule has 0 radical (unpaired) electrons. The number of nitrogens with zero attached hydrogens (tertiary/aromatic N) is 2. The van der Waals surface area contributed by atoms with E-state index in [9.17, 15) is 0 Å². The maximum atomic E-state index is 2.53. The van der Waals surface area contributed by atoms with Crippen LogP contribution in [0.1, 0.15) is 22.3 Å². The summed E-state index contributed by atoms with van der Waals surface area (Å²) >= 11 is 0. The summed E-state index contributed by atoms with van der Waals surface area (Å²) in [6.07, 6.45) is 1.95. The van der Waals surface area contributed by atoms with Gasteiger partial charge in [-0.2, -0.15) is 0 Å². The van der Waals surface area contributed by atoms with Crippen LogP contribution in [0.15, 0.2) is 146 Å². The van der Waals surface area contributed by atoms with Crippen LogP contribution in [0.25, 0.3) is 65.8 Å². The molecule has 44 heavy (non-hydrogen) atoms. The molecule has 0 fully saturated rings. The predicted octanol–water partition coefficient (Wildman–Crippen LogP) is 10.5. The Labute approximate surface area is 255 Å². The molecule has 0 bridgehead atoms. The fourth-order valence-corrected chi connectivity index (χ4v) is 7.91. The zero-order chi connectivity index (χ0) is 28.8. The van der Waals surface area contributed by atoms with Crippen LogP contribution >= 0.6 is 0 Å². The Hall–Kier alpha value is -5.60. The Kier molecular flexibility index (Phi) is 4.86. The van der Waals surface area contributed by atoms with Gasteiger partial charge in [-0.15, -0.1) is 0 Å². The molecule has 0 amide bonds. The van der Waals surface area contributed by atoms with Crippen LogP contribution in [0.4, 0.5) is 0 Å². The molecule has 2 heterocycles. The van der Waals surface area contributed by atoms with Crippen LogP contribution in [0.3, 0.4) is 0 Å². The summed E-state index contributed by atoms with van der Waals surface area (Å²) in [7, 11) is 0. The smallest absolute Gasteiger partial charge is 0.0795 e. The van der Waals surface area contributed by atoms with Gasteiger partial charge in [0.25, 0.3) is 0 Å². The lowest BCUT2D eigenvalue weighted by molar-refractivity contribution is 1.01. The second kappa shape index (κ2) is 8.95. The van der Waals surface area contributed by atoms with Gasteiger partial charge in [0.15, 0.2) is 0 Å². The molecule has 2 heteroatoms. The maximum Gasteiger partial charge on any atom is 0.0795 e. The first-order valence-electron chi connectivity index (χ1n) is 15.5. The average molecular weight is 561 g/mol. The molecule has 9 aromatic rings. The second-order valence-electron chi connectivity index (χ2n) is 12.1. The number of para-hydroxylation sites is 4. The number of rotatable bonds is 2. The molecule has 2 nitrogen and oxygen atoms in total. The van der Waals surface area contributed by atoms with Gasteiger partial charge in [0.05, 0.1) is 22.1 Å². The molecule has 206 valence electrons. The van der Waals surface area contributed by atoms with E-state index in [2.05, 4.69) is 155 Å². The van der Waals surface area contributed by atoms with E-state index in [0.29, 0.717) is 0 Å². The van der Waals surface area contributed by atoms with E-state index < -0.39 is 0 Å². The fourth-order valence-electron chi connectivity index (χ4n) is 7.91. The zero-order valence-electron chi connectivity index (χ0n) is 24.2. The highest BCUT2D eigenvalue weighted by Crippen LogP contribution is 2.47. The van der Waals surface area contributed by atoms with Crippen LogP contribution in [0.2, 0.25) is 0 Å². The first-order valence-corrected chi connectivity index (χ1v) is 15.5. The number of fused-ring (bicyclic) bond motifs is 12. The summed E-state index contributed by atoms with van der Waals surface area (Å²) < 4.78 is 5.00. The van der Waals surface area contributed by atoms with Crippen LogP contribution in [-0.2, 0) is 12.8 Å².